The fourth-order valence-electron chi connectivity index (χ4n) is 0.840. The summed E-state index contributed by atoms with van der Waals surface area (Å²) in [7, 11) is 0. The quantitative estimate of drug-likeness (QED) is 0.274. The van der Waals surface area contributed by atoms with E-state index in [0.717, 1.165) is 0 Å². The van der Waals surface area contributed by atoms with Crippen molar-refractivity contribution in [1.82, 2.24) is 16.0 Å². The van der Waals surface area contributed by atoms with E-state index in [1.54, 1.807) is 6.92 Å². The first kappa shape index (κ1) is 20.7. The molecule has 0 aliphatic carbocycles. The molecule has 3 heterocycles. The number of ether oxygens (including phenoxy) is 1. The molecule has 0 atom stereocenters. The van der Waals surface area contributed by atoms with Gasteiger partial charge in [0.15, 0.2) is 0 Å². The molecule has 4 amide bonds. The van der Waals surface area contributed by atoms with Crippen LogP contribution in [0.25, 0.3) is 0 Å². The van der Waals surface area contributed by atoms with E-state index in [-0.39, 0.29) is 37.0 Å². The normalized spacial score (nSPS) is 16.4. The Bertz CT molecular complexity index is 463. The minimum Gasteiger partial charge on any atom is -0.450 e. The van der Waals surface area contributed by atoms with Crippen molar-refractivity contribution in [3.63, 3.8) is 0 Å². The number of hydrogen-bond acceptors (Lipinski definition) is 8. The lowest BCUT2D eigenvalue weighted by Crippen LogP contribution is -2.49. The topological polar surface area (TPSA) is 191 Å². The second-order valence-electron chi connectivity index (χ2n) is 4.07. The van der Waals surface area contributed by atoms with Crippen molar-refractivity contribution in [2.45, 2.75) is 6.92 Å². The van der Waals surface area contributed by atoms with Crippen LogP contribution in [0.15, 0.2) is 0 Å². The number of primary amides is 1. The maximum absolute atomic E-state index is 9.82. The summed E-state index contributed by atoms with van der Waals surface area (Å²) in [5, 5.41) is 6.81. The van der Waals surface area contributed by atoms with Gasteiger partial charge in [-0.2, -0.15) is 0 Å². The molecule has 0 aromatic rings. The van der Waals surface area contributed by atoms with Crippen molar-refractivity contribution in [3.05, 3.63) is 0 Å². The maximum atomic E-state index is 9.82. The second kappa shape index (κ2) is 10.4. The molecule has 0 unspecified atom stereocenters. The van der Waals surface area contributed by atoms with Crippen LogP contribution in [0.3, 0.4) is 0 Å². The minimum absolute atomic E-state index is 0.235. The number of amides is 4. The number of Topliss-reactive ketones (excluding diaryl/α,β-unsaturated/α-hetero) is 3. The van der Waals surface area contributed by atoms with Crippen LogP contribution in [0, 0.1) is 0 Å². The van der Waals surface area contributed by atoms with Crippen molar-refractivity contribution in [2.24, 2.45) is 5.73 Å². The molecule has 132 valence electrons. The monoisotopic (exact) mass is 344 g/mol. The summed E-state index contributed by atoms with van der Waals surface area (Å²) in [5.41, 5.74) is 4.54. The first-order valence-corrected chi connectivity index (χ1v) is 6.54. The summed E-state index contributed by atoms with van der Waals surface area (Å²) < 4.78 is 4.18. The third kappa shape index (κ3) is 8.21. The molecular formula is C12H16N4O8. The molecule has 3 saturated heterocycles. The van der Waals surface area contributed by atoms with E-state index < -0.39 is 23.8 Å². The van der Waals surface area contributed by atoms with Crippen molar-refractivity contribution in [2.75, 3.05) is 26.2 Å². The Hall–Kier alpha value is -3.31. The molecule has 12 heteroatoms. The van der Waals surface area contributed by atoms with Crippen LogP contribution in [0.4, 0.5) is 4.79 Å². The molecule has 24 heavy (non-hydrogen) atoms. The van der Waals surface area contributed by atoms with Gasteiger partial charge in [-0.05, 0) is 6.92 Å². The Kier molecular flexibility index (Phi) is 8.98. The van der Waals surface area contributed by atoms with Crippen molar-refractivity contribution in [3.8, 4) is 0 Å². The van der Waals surface area contributed by atoms with E-state index in [2.05, 4.69) is 26.4 Å². The van der Waals surface area contributed by atoms with Gasteiger partial charge >= 0.3 is 6.09 Å². The predicted molar refractivity (Wildman–Crippen MR) is 75.3 cm³/mol. The summed E-state index contributed by atoms with van der Waals surface area (Å²) in [4.78, 5) is 68.4. The van der Waals surface area contributed by atoms with E-state index in [4.69, 9.17) is 0 Å². The van der Waals surface area contributed by atoms with Gasteiger partial charge < -0.3 is 26.4 Å². The average molecular weight is 344 g/mol. The summed E-state index contributed by atoms with van der Waals surface area (Å²) in [6, 6.07) is 0. The van der Waals surface area contributed by atoms with Crippen molar-refractivity contribution >= 4 is 41.2 Å². The number of carbonyl (C=O) groups is 7. The molecular weight excluding hydrogens is 328 g/mol. The third-order valence-corrected chi connectivity index (χ3v) is 2.27. The van der Waals surface area contributed by atoms with Gasteiger partial charge in [0, 0.05) is 0 Å². The molecule has 12 nitrogen and oxygen atoms in total. The van der Waals surface area contributed by atoms with Crippen molar-refractivity contribution < 1.29 is 38.3 Å². The number of β-lactam (4-membered cyclic amide) rings is 3. The molecule has 0 aromatic heterocycles. The Balaban J connectivity index is 0.000000294. The summed E-state index contributed by atoms with van der Waals surface area (Å²) in [6.45, 7) is 2.76. The standard InChI is InChI=1S/3C3H3NO2.C3H7NO2/c3*5-2-1-4-3(2)6;1-2-6-3(4)5/h3*1H2,(H,4,6);2H2,1H3,(H2,4,5). The number of nitrogens with one attached hydrogen (secondary N) is 3. The van der Waals surface area contributed by atoms with Crippen LogP contribution in [0.5, 0.6) is 0 Å². The first-order valence-electron chi connectivity index (χ1n) is 6.54. The minimum atomic E-state index is -0.711. The van der Waals surface area contributed by atoms with Crippen LogP contribution in [0.1, 0.15) is 6.92 Å². The highest BCUT2D eigenvalue weighted by atomic mass is 16.5. The van der Waals surface area contributed by atoms with E-state index in [0.29, 0.717) is 6.61 Å². The number of ketones is 3. The largest absolute Gasteiger partial charge is 0.450 e. The predicted octanol–water partition coefficient (Wildman–Crippen LogP) is -3.84. The zero-order valence-electron chi connectivity index (χ0n) is 12.7. The van der Waals surface area contributed by atoms with E-state index in [1.807, 2.05) is 0 Å². The molecule has 0 saturated carbocycles. The van der Waals surface area contributed by atoms with E-state index in [9.17, 15) is 33.6 Å². The number of carbonyl (C=O) groups excluding carboxylic acids is 7. The van der Waals surface area contributed by atoms with E-state index >= 15 is 0 Å². The molecule has 0 radical (unpaired) electrons. The summed E-state index contributed by atoms with van der Waals surface area (Å²) in [6.07, 6.45) is -0.711. The van der Waals surface area contributed by atoms with Gasteiger partial charge in [-0.1, -0.05) is 0 Å². The molecule has 5 N–H and O–H groups in total. The zero-order chi connectivity index (χ0) is 18.7. The fourth-order valence-corrected chi connectivity index (χ4v) is 0.840. The summed E-state index contributed by atoms with van der Waals surface area (Å²) >= 11 is 0. The molecule has 3 rings (SSSR count). The molecule has 0 spiro atoms. The molecule has 3 aliphatic heterocycles. The lowest BCUT2D eigenvalue weighted by Gasteiger charge is -2.08. The lowest BCUT2D eigenvalue weighted by atomic mass is 10.2. The molecule has 0 bridgehead atoms. The molecule has 3 fully saturated rings. The number of nitrogens with two attached hydrogens (primary N) is 1. The Morgan fingerprint density at radius 2 is 1.08 bits per heavy atom. The van der Waals surface area contributed by atoms with Crippen LogP contribution in [-0.2, 0) is 33.5 Å². The van der Waals surface area contributed by atoms with Gasteiger partial charge in [0.2, 0.25) is 17.3 Å². The van der Waals surface area contributed by atoms with Crippen LogP contribution in [0.2, 0.25) is 0 Å². The maximum Gasteiger partial charge on any atom is 0.404 e. The average Bonchev–Trinajstić information content (AvgIpc) is 2.58. The Morgan fingerprint density at radius 1 is 0.833 bits per heavy atom. The molecule has 0 aromatic carbocycles. The van der Waals surface area contributed by atoms with Gasteiger partial charge in [-0.25, -0.2) is 4.79 Å². The highest BCUT2D eigenvalue weighted by molar-refractivity contribution is 6.43. The zero-order valence-corrected chi connectivity index (χ0v) is 12.7. The lowest BCUT2D eigenvalue weighted by molar-refractivity contribution is -0.143. The fraction of sp³-hybridized carbons (Fsp3) is 0.417. The first-order chi connectivity index (χ1) is 11.2. The van der Waals surface area contributed by atoms with Crippen LogP contribution in [-0.4, -0.2) is 67.4 Å². The smallest absolute Gasteiger partial charge is 0.404 e. The van der Waals surface area contributed by atoms with Gasteiger partial charge in [0.05, 0.1) is 26.2 Å². The van der Waals surface area contributed by atoms with E-state index in [1.165, 1.54) is 0 Å². The van der Waals surface area contributed by atoms with Crippen molar-refractivity contribution in [1.29, 1.82) is 0 Å². The van der Waals surface area contributed by atoms with Gasteiger partial charge in [-0.15, -0.1) is 0 Å². The highest BCUT2D eigenvalue weighted by Gasteiger charge is 2.23. The molecule has 3 aliphatic rings. The Morgan fingerprint density at radius 3 is 1.08 bits per heavy atom. The van der Waals surface area contributed by atoms with Gasteiger partial charge in [0.25, 0.3) is 17.7 Å². The highest BCUT2D eigenvalue weighted by Crippen LogP contribution is 1.81. The SMILES string of the molecule is CCOC(N)=O.O=C1CNC1=O.O=C1CNC1=O.O=C1CNC1=O. The second-order valence-corrected chi connectivity index (χ2v) is 4.07. The van der Waals surface area contributed by atoms with Gasteiger partial charge in [-0.3, -0.25) is 28.8 Å². The van der Waals surface area contributed by atoms with Crippen LogP contribution < -0.4 is 21.7 Å². The number of hydrogen-bond donors (Lipinski definition) is 4. The Labute approximate surface area is 135 Å². The van der Waals surface area contributed by atoms with Gasteiger partial charge in [0.1, 0.15) is 0 Å². The summed E-state index contributed by atoms with van der Waals surface area (Å²) in [5.74, 6) is -2.28. The third-order valence-electron chi connectivity index (χ3n) is 2.27. The number of rotatable bonds is 1. The van der Waals surface area contributed by atoms with Crippen LogP contribution >= 0.6 is 0 Å².